The Morgan fingerprint density at radius 2 is 1.50 bits per heavy atom. The van der Waals surface area contributed by atoms with E-state index in [4.69, 9.17) is 0 Å². The average molecular weight is 258 g/mol. The highest BCUT2D eigenvalue weighted by molar-refractivity contribution is 6.10. The van der Waals surface area contributed by atoms with Crippen molar-refractivity contribution in [3.8, 4) is 0 Å². The first-order chi connectivity index (χ1) is 9.85. The molecule has 3 aromatic rings. The van der Waals surface area contributed by atoms with E-state index in [-0.39, 0.29) is 0 Å². The molecule has 20 heavy (non-hydrogen) atoms. The molecule has 0 aliphatic carbocycles. The van der Waals surface area contributed by atoms with Crippen molar-refractivity contribution < 1.29 is 0 Å². The zero-order valence-electron chi connectivity index (χ0n) is 11.8. The van der Waals surface area contributed by atoms with Crippen LogP contribution in [-0.4, -0.2) is 0 Å². The summed E-state index contributed by atoms with van der Waals surface area (Å²) in [5.41, 5.74) is 2.52. The van der Waals surface area contributed by atoms with Gasteiger partial charge in [0.25, 0.3) is 0 Å². The van der Waals surface area contributed by atoms with Crippen molar-refractivity contribution in [3.05, 3.63) is 78.9 Å². The molecule has 0 amide bonds. The lowest BCUT2D eigenvalue weighted by molar-refractivity contribution is 1.23. The lowest BCUT2D eigenvalue weighted by Gasteiger charge is -2.12. The van der Waals surface area contributed by atoms with E-state index in [1.165, 1.54) is 32.7 Å². The summed E-state index contributed by atoms with van der Waals surface area (Å²) in [5.74, 6) is 0. The molecule has 0 atom stereocenters. The fourth-order valence-corrected chi connectivity index (χ4v) is 2.83. The van der Waals surface area contributed by atoms with Crippen LogP contribution >= 0.6 is 0 Å². The SMILES string of the molecule is C=C/C(=C\CC)c1c2ccccc2cc2ccccc12. The second kappa shape index (κ2) is 5.34. The smallest absolute Gasteiger partial charge is 0.00302 e. The summed E-state index contributed by atoms with van der Waals surface area (Å²) < 4.78 is 0. The number of hydrogen-bond donors (Lipinski definition) is 0. The van der Waals surface area contributed by atoms with Gasteiger partial charge in [0.1, 0.15) is 0 Å². The minimum Gasteiger partial charge on any atom is -0.0985 e. The predicted molar refractivity (Wildman–Crippen MR) is 89.9 cm³/mol. The maximum atomic E-state index is 4.00. The predicted octanol–water partition coefficient (Wildman–Crippen LogP) is 5.97. The van der Waals surface area contributed by atoms with E-state index in [9.17, 15) is 0 Å². The Balaban J connectivity index is 2.51. The summed E-state index contributed by atoms with van der Waals surface area (Å²) in [6.07, 6.45) is 5.23. The maximum Gasteiger partial charge on any atom is -0.00302 e. The highest BCUT2D eigenvalue weighted by Crippen LogP contribution is 2.33. The molecule has 0 N–H and O–H groups in total. The van der Waals surface area contributed by atoms with Crippen LogP contribution in [0.15, 0.2) is 73.3 Å². The Hall–Kier alpha value is -2.34. The van der Waals surface area contributed by atoms with Crippen molar-refractivity contribution in [1.82, 2.24) is 0 Å². The van der Waals surface area contributed by atoms with Gasteiger partial charge in [0.15, 0.2) is 0 Å². The fourth-order valence-electron chi connectivity index (χ4n) is 2.83. The lowest BCUT2D eigenvalue weighted by atomic mass is 9.91. The van der Waals surface area contributed by atoms with Crippen LogP contribution in [0.4, 0.5) is 0 Å². The molecular formula is C20H18. The van der Waals surface area contributed by atoms with Gasteiger partial charge in [0, 0.05) is 0 Å². The normalized spacial score (nSPS) is 11.9. The first-order valence-electron chi connectivity index (χ1n) is 7.08. The summed E-state index contributed by atoms with van der Waals surface area (Å²) in [6.45, 7) is 6.16. The molecular weight excluding hydrogens is 240 g/mol. The fraction of sp³-hybridized carbons (Fsp3) is 0.100. The van der Waals surface area contributed by atoms with Gasteiger partial charge in [-0.15, -0.1) is 0 Å². The molecule has 3 aromatic carbocycles. The average Bonchev–Trinajstić information content (AvgIpc) is 2.50. The lowest BCUT2D eigenvalue weighted by Crippen LogP contribution is -1.88. The molecule has 0 spiro atoms. The van der Waals surface area contributed by atoms with E-state index in [1.54, 1.807) is 0 Å². The third kappa shape index (κ3) is 2.04. The molecule has 0 fully saturated rings. The Bertz CT molecular complexity index is 753. The van der Waals surface area contributed by atoms with Gasteiger partial charge < -0.3 is 0 Å². The van der Waals surface area contributed by atoms with Crippen LogP contribution < -0.4 is 0 Å². The first kappa shape index (κ1) is 12.7. The van der Waals surface area contributed by atoms with E-state index < -0.39 is 0 Å². The van der Waals surface area contributed by atoms with E-state index in [0.717, 1.165) is 6.42 Å². The molecule has 0 bridgehead atoms. The van der Waals surface area contributed by atoms with Gasteiger partial charge in [0.2, 0.25) is 0 Å². The van der Waals surface area contributed by atoms with Crippen LogP contribution in [0.2, 0.25) is 0 Å². The molecule has 0 aliphatic heterocycles. The van der Waals surface area contributed by atoms with Gasteiger partial charge in [-0.05, 0) is 45.2 Å². The maximum absolute atomic E-state index is 4.00. The van der Waals surface area contributed by atoms with Gasteiger partial charge in [0.05, 0.1) is 0 Å². The summed E-state index contributed by atoms with van der Waals surface area (Å²) in [4.78, 5) is 0. The Morgan fingerprint density at radius 1 is 0.950 bits per heavy atom. The summed E-state index contributed by atoms with van der Waals surface area (Å²) in [7, 11) is 0. The Morgan fingerprint density at radius 3 is 2.00 bits per heavy atom. The van der Waals surface area contributed by atoms with Crippen LogP contribution in [0.3, 0.4) is 0 Å². The third-order valence-corrected chi connectivity index (χ3v) is 3.70. The molecule has 0 heterocycles. The molecule has 3 rings (SSSR count). The number of hydrogen-bond acceptors (Lipinski definition) is 0. The highest BCUT2D eigenvalue weighted by Gasteiger charge is 2.09. The number of benzene rings is 3. The molecule has 0 heteroatoms. The topological polar surface area (TPSA) is 0 Å². The molecule has 0 saturated carbocycles. The minimum atomic E-state index is 1.01. The monoisotopic (exact) mass is 258 g/mol. The zero-order valence-corrected chi connectivity index (χ0v) is 11.8. The second-order valence-corrected chi connectivity index (χ2v) is 4.97. The number of rotatable bonds is 3. The largest absolute Gasteiger partial charge is 0.0985 e. The first-order valence-corrected chi connectivity index (χ1v) is 7.08. The van der Waals surface area contributed by atoms with Gasteiger partial charge in [-0.3, -0.25) is 0 Å². The van der Waals surface area contributed by atoms with Crippen molar-refractivity contribution in [2.45, 2.75) is 13.3 Å². The minimum absolute atomic E-state index is 1.01. The Labute approximate surface area is 120 Å². The molecule has 0 saturated heterocycles. The van der Waals surface area contributed by atoms with Crippen LogP contribution in [0.25, 0.3) is 27.1 Å². The van der Waals surface area contributed by atoms with Crippen molar-refractivity contribution in [1.29, 1.82) is 0 Å². The standard InChI is InChI=1S/C20H18/c1-3-9-15(4-2)20-18-12-7-5-10-16(18)14-17-11-6-8-13-19(17)20/h4-14H,2-3H2,1H3/b15-9+. The molecule has 0 nitrogen and oxygen atoms in total. The van der Waals surface area contributed by atoms with E-state index in [2.05, 4.69) is 74.2 Å². The van der Waals surface area contributed by atoms with Crippen molar-refractivity contribution in [3.63, 3.8) is 0 Å². The molecule has 0 radical (unpaired) electrons. The van der Waals surface area contributed by atoms with E-state index in [1.807, 2.05) is 6.08 Å². The van der Waals surface area contributed by atoms with Crippen LogP contribution in [0.1, 0.15) is 18.9 Å². The van der Waals surface area contributed by atoms with Crippen LogP contribution in [-0.2, 0) is 0 Å². The van der Waals surface area contributed by atoms with Gasteiger partial charge in [-0.2, -0.15) is 0 Å². The van der Waals surface area contributed by atoms with E-state index >= 15 is 0 Å². The molecule has 0 aliphatic rings. The summed E-state index contributed by atoms with van der Waals surface area (Å²) in [5, 5.41) is 5.16. The molecule has 0 aromatic heterocycles. The number of allylic oxidation sites excluding steroid dienone is 3. The van der Waals surface area contributed by atoms with Crippen molar-refractivity contribution >= 4 is 27.1 Å². The quantitative estimate of drug-likeness (QED) is 0.401. The highest BCUT2D eigenvalue weighted by atomic mass is 14.1. The van der Waals surface area contributed by atoms with Crippen LogP contribution in [0, 0.1) is 0 Å². The Kier molecular flexibility index (Phi) is 3.39. The second-order valence-electron chi connectivity index (χ2n) is 4.97. The van der Waals surface area contributed by atoms with Crippen molar-refractivity contribution in [2.75, 3.05) is 0 Å². The zero-order chi connectivity index (χ0) is 13.9. The van der Waals surface area contributed by atoms with Gasteiger partial charge >= 0.3 is 0 Å². The van der Waals surface area contributed by atoms with E-state index in [0.29, 0.717) is 0 Å². The summed E-state index contributed by atoms with van der Waals surface area (Å²) >= 11 is 0. The third-order valence-electron chi connectivity index (χ3n) is 3.70. The van der Waals surface area contributed by atoms with Crippen LogP contribution in [0.5, 0.6) is 0 Å². The molecule has 98 valence electrons. The molecule has 0 unspecified atom stereocenters. The van der Waals surface area contributed by atoms with Gasteiger partial charge in [-0.1, -0.05) is 74.2 Å². The van der Waals surface area contributed by atoms with Gasteiger partial charge in [-0.25, -0.2) is 0 Å². The number of fused-ring (bicyclic) bond motifs is 2. The summed E-state index contributed by atoms with van der Waals surface area (Å²) in [6, 6.07) is 19.4. The van der Waals surface area contributed by atoms with Crippen molar-refractivity contribution in [2.24, 2.45) is 0 Å².